The molecule has 0 aliphatic heterocycles. The smallest absolute Gasteiger partial charge is 0.297 e. The maximum absolute atomic E-state index is 14.1. The Hall–Kier alpha value is -1.83. The van der Waals surface area contributed by atoms with Gasteiger partial charge in [0.15, 0.2) is 6.29 Å². The Morgan fingerprint density at radius 2 is 2.00 bits per heavy atom. The van der Waals surface area contributed by atoms with Crippen LogP contribution in [0.15, 0.2) is 9.59 Å². The van der Waals surface area contributed by atoms with Crippen LogP contribution in [0.5, 0.6) is 0 Å². The third kappa shape index (κ3) is 2.49. The molecular formula is C17H18F2N2O3S. The van der Waals surface area contributed by atoms with E-state index in [4.69, 9.17) is 0 Å². The highest BCUT2D eigenvalue weighted by Gasteiger charge is 2.44. The number of hydrogen-bond donors (Lipinski definition) is 0. The molecule has 0 N–H and O–H groups in total. The lowest BCUT2D eigenvalue weighted by molar-refractivity contribution is -0.0422. The van der Waals surface area contributed by atoms with Crippen molar-refractivity contribution in [2.45, 2.75) is 57.5 Å². The molecule has 0 spiro atoms. The van der Waals surface area contributed by atoms with Gasteiger partial charge in [0.25, 0.3) is 11.5 Å². The first kappa shape index (κ1) is 16.6. The summed E-state index contributed by atoms with van der Waals surface area (Å²) in [7, 11) is 0. The molecule has 2 aliphatic rings. The summed E-state index contributed by atoms with van der Waals surface area (Å²) < 4.78 is 30.7. The second kappa shape index (κ2) is 5.59. The predicted octanol–water partition coefficient (Wildman–Crippen LogP) is 3.12. The van der Waals surface area contributed by atoms with Crippen LogP contribution in [-0.2, 0) is 6.54 Å². The Bertz CT molecular complexity index is 984. The van der Waals surface area contributed by atoms with Gasteiger partial charge in [0.2, 0.25) is 0 Å². The molecule has 8 heteroatoms. The van der Waals surface area contributed by atoms with E-state index in [1.54, 1.807) is 6.92 Å². The summed E-state index contributed by atoms with van der Waals surface area (Å²) in [6.45, 7) is 1.55. The lowest BCUT2D eigenvalue weighted by Gasteiger charge is -2.21. The fourth-order valence-corrected chi connectivity index (χ4v) is 4.87. The first-order chi connectivity index (χ1) is 11.8. The SMILES string of the molecule is Cc1c(C=O)sc2c1c(=O)n(C1CC1)c(=O)n2CC1CCCC1(F)F. The van der Waals surface area contributed by atoms with E-state index < -0.39 is 23.1 Å². The zero-order chi connectivity index (χ0) is 17.9. The molecule has 2 fully saturated rings. The Balaban J connectivity index is 1.97. The van der Waals surface area contributed by atoms with Gasteiger partial charge in [-0.1, -0.05) is 0 Å². The van der Waals surface area contributed by atoms with Crippen molar-refractivity contribution in [1.29, 1.82) is 0 Å². The van der Waals surface area contributed by atoms with Crippen LogP contribution in [0, 0.1) is 12.8 Å². The number of hydrogen-bond acceptors (Lipinski definition) is 4. The fourth-order valence-electron chi connectivity index (χ4n) is 3.75. The third-order valence-electron chi connectivity index (χ3n) is 5.36. The molecular weight excluding hydrogens is 350 g/mol. The molecule has 0 aromatic carbocycles. The lowest BCUT2D eigenvalue weighted by atomic mass is 10.1. The van der Waals surface area contributed by atoms with Crippen molar-refractivity contribution in [1.82, 2.24) is 9.13 Å². The van der Waals surface area contributed by atoms with Crippen LogP contribution in [0.3, 0.4) is 0 Å². The van der Waals surface area contributed by atoms with E-state index in [9.17, 15) is 23.2 Å². The number of fused-ring (bicyclic) bond motifs is 1. The Morgan fingerprint density at radius 1 is 1.28 bits per heavy atom. The van der Waals surface area contributed by atoms with Crippen LogP contribution >= 0.6 is 11.3 Å². The molecule has 0 radical (unpaired) electrons. The van der Waals surface area contributed by atoms with Crippen LogP contribution < -0.4 is 11.2 Å². The van der Waals surface area contributed by atoms with Crippen LogP contribution in [0.1, 0.15) is 53.4 Å². The third-order valence-corrected chi connectivity index (χ3v) is 6.60. The largest absolute Gasteiger partial charge is 0.332 e. The van der Waals surface area contributed by atoms with Crippen molar-refractivity contribution in [3.63, 3.8) is 0 Å². The number of carbonyl (C=O) groups is 1. The van der Waals surface area contributed by atoms with Crippen LogP contribution in [-0.4, -0.2) is 21.3 Å². The van der Waals surface area contributed by atoms with E-state index in [2.05, 4.69) is 0 Å². The number of nitrogens with zero attached hydrogens (tertiary/aromatic N) is 2. The van der Waals surface area contributed by atoms with Crippen molar-refractivity contribution >= 4 is 27.8 Å². The van der Waals surface area contributed by atoms with Gasteiger partial charge in [0.05, 0.1) is 10.3 Å². The minimum atomic E-state index is -2.80. The number of aldehydes is 1. The number of carbonyl (C=O) groups excluding carboxylic acids is 1. The zero-order valence-corrected chi connectivity index (χ0v) is 14.6. The Labute approximate surface area is 145 Å². The van der Waals surface area contributed by atoms with Gasteiger partial charge in [0.1, 0.15) is 4.83 Å². The van der Waals surface area contributed by atoms with Crippen LogP contribution in [0.4, 0.5) is 8.78 Å². The molecule has 0 bridgehead atoms. The first-order valence-electron chi connectivity index (χ1n) is 8.46. The van der Waals surface area contributed by atoms with Gasteiger partial charge in [-0.15, -0.1) is 11.3 Å². The first-order valence-corrected chi connectivity index (χ1v) is 9.28. The summed E-state index contributed by atoms with van der Waals surface area (Å²) in [6, 6.07) is -0.154. The number of rotatable bonds is 4. The van der Waals surface area contributed by atoms with Gasteiger partial charge in [0, 0.05) is 24.9 Å². The summed E-state index contributed by atoms with van der Waals surface area (Å²) in [4.78, 5) is 37.7. The molecule has 2 aliphatic carbocycles. The summed E-state index contributed by atoms with van der Waals surface area (Å²) in [5.74, 6) is -3.72. The van der Waals surface area contributed by atoms with Gasteiger partial charge in [-0.05, 0) is 38.2 Å². The maximum Gasteiger partial charge on any atom is 0.332 e. The molecule has 1 unspecified atom stereocenters. The number of alkyl halides is 2. The second-order valence-corrected chi connectivity index (χ2v) is 8.07. The highest BCUT2D eigenvalue weighted by Crippen LogP contribution is 2.42. The van der Waals surface area contributed by atoms with Gasteiger partial charge in [-0.2, -0.15) is 0 Å². The van der Waals surface area contributed by atoms with Gasteiger partial charge < -0.3 is 0 Å². The van der Waals surface area contributed by atoms with E-state index in [0.717, 1.165) is 24.2 Å². The van der Waals surface area contributed by atoms with E-state index in [-0.39, 0.29) is 19.0 Å². The predicted molar refractivity (Wildman–Crippen MR) is 91.0 cm³/mol. The summed E-state index contributed by atoms with van der Waals surface area (Å²) in [5, 5.41) is 0.319. The van der Waals surface area contributed by atoms with Crippen molar-refractivity contribution in [2.24, 2.45) is 5.92 Å². The van der Waals surface area contributed by atoms with Crippen LogP contribution in [0.25, 0.3) is 10.2 Å². The summed E-state index contributed by atoms with van der Waals surface area (Å²) >= 11 is 1.04. The average molecular weight is 368 g/mol. The summed E-state index contributed by atoms with van der Waals surface area (Å²) in [5.41, 5.74) is -0.401. The average Bonchev–Trinajstić information content (AvgIpc) is 3.24. The van der Waals surface area contributed by atoms with Crippen molar-refractivity contribution < 1.29 is 13.6 Å². The van der Waals surface area contributed by atoms with Crippen LogP contribution in [0.2, 0.25) is 0 Å². The van der Waals surface area contributed by atoms with Gasteiger partial charge in [-0.25, -0.2) is 13.6 Å². The Morgan fingerprint density at radius 3 is 2.56 bits per heavy atom. The number of aryl methyl sites for hydroxylation is 1. The van der Waals surface area contributed by atoms with E-state index in [1.807, 2.05) is 0 Å². The highest BCUT2D eigenvalue weighted by atomic mass is 32.1. The number of aromatic nitrogens is 2. The standard InChI is InChI=1S/C17H18F2N2O3S/c1-9-12(8-22)25-15-13(9)14(23)21(11-4-5-11)16(24)20(15)7-10-3-2-6-17(10,18)19/h8,10-11H,2-7H2,1H3. The zero-order valence-electron chi connectivity index (χ0n) is 13.8. The molecule has 4 rings (SSSR count). The topological polar surface area (TPSA) is 61.1 Å². The van der Waals surface area contributed by atoms with Gasteiger partial charge in [-0.3, -0.25) is 18.7 Å². The number of halogens is 2. The maximum atomic E-state index is 14.1. The fraction of sp³-hybridized carbons (Fsp3) is 0.588. The molecule has 2 aromatic heterocycles. The van der Waals surface area contributed by atoms with Crippen molar-refractivity contribution in [3.8, 4) is 0 Å². The quantitative estimate of drug-likeness (QED) is 0.779. The molecule has 25 heavy (non-hydrogen) atoms. The van der Waals surface area contributed by atoms with Crippen molar-refractivity contribution in [3.05, 3.63) is 31.3 Å². The highest BCUT2D eigenvalue weighted by molar-refractivity contribution is 7.20. The Kier molecular flexibility index (Phi) is 3.72. The minimum absolute atomic E-state index is 0.117. The molecule has 0 amide bonds. The molecule has 134 valence electrons. The second-order valence-electron chi connectivity index (χ2n) is 7.04. The van der Waals surface area contributed by atoms with E-state index >= 15 is 0 Å². The molecule has 2 saturated carbocycles. The molecule has 0 saturated heterocycles. The summed E-state index contributed by atoms with van der Waals surface area (Å²) in [6.07, 6.45) is 2.75. The van der Waals surface area contributed by atoms with Crippen molar-refractivity contribution in [2.75, 3.05) is 0 Å². The number of thiophene rings is 1. The normalized spacial score (nSPS) is 22.6. The molecule has 5 nitrogen and oxygen atoms in total. The monoisotopic (exact) mass is 368 g/mol. The molecule has 2 heterocycles. The lowest BCUT2D eigenvalue weighted by Crippen LogP contribution is -2.41. The molecule has 2 aromatic rings. The van der Waals surface area contributed by atoms with E-state index in [1.165, 1.54) is 9.13 Å². The van der Waals surface area contributed by atoms with E-state index in [0.29, 0.717) is 39.8 Å². The minimum Gasteiger partial charge on any atom is -0.297 e. The molecule has 1 atom stereocenters. The van der Waals surface area contributed by atoms with Gasteiger partial charge >= 0.3 is 5.69 Å².